The highest BCUT2D eigenvalue weighted by atomic mass is 32.2. The third kappa shape index (κ3) is 5.09. The van der Waals surface area contributed by atoms with Crippen LogP contribution in [0.2, 0.25) is 0 Å². The minimum absolute atomic E-state index is 0.224. The topological polar surface area (TPSA) is 95.7 Å². The molecule has 0 saturated carbocycles. The molecule has 11 heteroatoms. The first-order valence-corrected chi connectivity index (χ1v) is 13.6. The van der Waals surface area contributed by atoms with E-state index in [-0.39, 0.29) is 30.2 Å². The Labute approximate surface area is 215 Å². The van der Waals surface area contributed by atoms with E-state index in [4.69, 9.17) is 0 Å². The molecule has 3 aromatic rings. The van der Waals surface area contributed by atoms with Gasteiger partial charge < -0.3 is 10.0 Å². The Hall–Kier alpha value is -3.02. The summed E-state index contributed by atoms with van der Waals surface area (Å²) in [6.45, 7) is 0.964. The number of halogens is 1. The van der Waals surface area contributed by atoms with Crippen LogP contribution in [0.1, 0.15) is 46.1 Å². The molecule has 4 heterocycles. The number of thioether (sulfide) groups is 1. The number of aliphatic hydroxyl groups excluding tert-OH is 1. The molecule has 2 fully saturated rings. The number of amides is 3. The number of rotatable bonds is 5. The van der Waals surface area contributed by atoms with Gasteiger partial charge in [-0.05, 0) is 54.5 Å². The summed E-state index contributed by atoms with van der Waals surface area (Å²) in [7, 11) is 0. The summed E-state index contributed by atoms with van der Waals surface area (Å²) in [5.41, 5.74) is 1.34. The Bertz CT molecular complexity index is 1260. The fourth-order valence-electron chi connectivity index (χ4n) is 4.47. The lowest BCUT2D eigenvalue weighted by atomic mass is 9.94. The molecule has 2 aromatic heterocycles. The van der Waals surface area contributed by atoms with Crippen LogP contribution >= 0.6 is 23.1 Å². The molecular formula is C25H25FN4O4S2. The molecule has 0 spiro atoms. The van der Waals surface area contributed by atoms with Gasteiger partial charge in [-0.25, -0.2) is 9.18 Å². The van der Waals surface area contributed by atoms with Gasteiger partial charge in [0.25, 0.3) is 5.91 Å². The SMILES string of the molecule is O=C1C(c2cc(SCc3ccc(F)cc3)n(C(=O)c3cccs3)n2)CCCN1C(=O)N1CCC(O)C1. The quantitative estimate of drug-likeness (QED) is 0.504. The maximum Gasteiger partial charge on any atom is 0.326 e. The number of imide groups is 1. The van der Waals surface area contributed by atoms with Gasteiger partial charge in [0.1, 0.15) is 10.8 Å². The number of hydrogen-bond acceptors (Lipinski definition) is 7. The molecule has 188 valence electrons. The molecule has 0 radical (unpaired) electrons. The average molecular weight is 529 g/mol. The predicted molar refractivity (Wildman–Crippen MR) is 134 cm³/mol. The number of aliphatic hydroxyl groups is 1. The van der Waals surface area contributed by atoms with Crippen molar-refractivity contribution in [2.75, 3.05) is 19.6 Å². The molecule has 0 bridgehead atoms. The molecule has 3 amide bonds. The second kappa shape index (κ2) is 10.5. The lowest BCUT2D eigenvalue weighted by Gasteiger charge is -2.32. The number of carbonyl (C=O) groups excluding carboxylic acids is 3. The first-order valence-electron chi connectivity index (χ1n) is 11.7. The van der Waals surface area contributed by atoms with E-state index in [1.54, 1.807) is 30.3 Å². The number of hydrogen-bond donors (Lipinski definition) is 1. The van der Waals surface area contributed by atoms with Gasteiger partial charge in [-0.15, -0.1) is 23.1 Å². The van der Waals surface area contributed by atoms with Crippen LogP contribution in [-0.4, -0.2) is 68.3 Å². The minimum atomic E-state index is -0.641. The van der Waals surface area contributed by atoms with Crippen molar-refractivity contribution in [3.05, 3.63) is 69.8 Å². The van der Waals surface area contributed by atoms with E-state index in [0.29, 0.717) is 53.7 Å². The van der Waals surface area contributed by atoms with E-state index in [0.717, 1.165) is 5.56 Å². The normalized spacial score (nSPS) is 20.2. The molecule has 0 aliphatic carbocycles. The van der Waals surface area contributed by atoms with E-state index in [1.165, 1.54) is 49.7 Å². The highest BCUT2D eigenvalue weighted by Gasteiger charge is 2.39. The number of nitrogens with zero attached hydrogens (tertiary/aromatic N) is 4. The van der Waals surface area contributed by atoms with Gasteiger partial charge in [-0.2, -0.15) is 9.78 Å². The summed E-state index contributed by atoms with van der Waals surface area (Å²) in [5, 5.41) is 16.7. The first kappa shape index (κ1) is 24.7. The van der Waals surface area contributed by atoms with Crippen molar-refractivity contribution in [2.24, 2.45) is 0 Å². The number of thiophene rings is 1. The number of urea groups is 1. The molecular weight excluding hydrogens is 503 g/mol. The van der Waals surface area contributed by atoms with Gasteiger partial charge in [0.2, 0.25) is 5.91 Å². The van der Waals surface area contributed by atoms with Crippen molar-refractivity contribution in [3.8, 4) is 0 Å². The molecule has 1 aromatic carbocycles. The second-order valence-corrected chi connectivity index (χ2v) is 10.8. The Morgan fingerprint density at radius 1 is 1.17 bits per heavy atom. The van der Waals surface area contributed by atoms with Crippen molar-refractivity contribution >= 4 is 40.9 Å². The molecule has 2 aliphatic heterocycles. The summed E-state index contributed by atoms with van der Waals surface area (Å²) < 4.78 is 14.6. The van der Waals surface area contributed by atoms with Crippen LogP contribution in [0.25, 0.3) is 0 Å². The Kier molecular flexibility index (Phi) is 7.22. The molecule has 2 atom stereocenters. The number of piperidine rings is 1. The van der Waals surface area contributed by atoms with E-state index in [2.05, 4.69) is 5.10 Å². The molecule has 36 heavy (non-hydrogen) atoms. The molecule has 2 aliphatic rings. The number of aromatic nitrogens is 2. The van der Waals surface area contributed by atoms with Gasteiger partial charge in [-0.1, -0.05) is 18.2 Å². The van der Waals surface area contributed by atoms with Gasteiger partial charge in [-0.3, -0.25) is 14.5 Å². The number of β-amino-alcohol motifs (C(OH)–C–C–N with tert-alkyl or cyclic N) is 1. The molecule has 8 nitrogen and oxygen atoms in total. The maximum atomic E-state index is 13.4. The fraction of sp³-hybridized carbons (Fsp3) is 0.360. The molecule has 5 rings (SSSR count). The van der Waals surface area contributed by atoms with Crippen LogP contribution in [0, 0.1) is 5.82 Å². The lowest BCUT2D eigenvalue weighted by Crippen LogP contribution is -2.50. The van der Waals surface area contributed by atoms with Crippen LogP contribution in [0.3, 0.4) is 0 Å². The predicted octanol–water partition coefficient (Wildman–Crippen LogP) is 3.96. The highest BCUT2D eigenvalue weighted by molar-refractivity contribution is 7.98. The third-order valence-electron chi connectivity index (χ3n) is 6.38. The smallest absolute Gasteiger partial charge is 0.326 e. The zero-order valence-electron chi connectivity index (χ0n) is 19.4. The van der Waals surface area contributed by atoms with E-state index >= 15 is 0 Å². The summed E-state index contributed by atoms with van der Waals surface area (Å²) in [6.07, 6.45) is 1.09. The summed E-state index contributed by atoms with van der Waals surface area (Å²) in [4.78, 5) is 42.8. The van der Waals surface area contributed by atoms with Gasteiger partial charge in [0.15, 0.2) is 0 Å². The van der Waals surface area contributed by atoms with E-state index < -0.39 is 12.0 Å². The maximum absolute atomic E-state index is 13.4. The number of likely N-dealkylation sites (tertiary alicyclic amines) is 2. The van der Waals surface area contributed by atoms with E-state index in [1.807, 2.05) is 5.38 Å². The van der Waals surface area contributed by atoms with Gasteiger partial charge in [0, 0.05) is 25.4 Å². The number of carbonyl (C=O) groups is 3. The zero-order valence-corrected chi connectivity index (χ0v) is 21.0. The van der Waals surface area contributed by atoms with Gasteiger partial charge >= 0.3 is 6.03 Å². The Morgan fingerprint density at radius 2 is 1.97 bits per heavy atom. The summed E-state index contributed by atoms with van der Waals surface area (Å²) >= 11 is 2.69. The van der Waals surface area contributed by atoms with Crippen molar-refractivity contribution in [3.63, 3.8) is 0 Å². The van der Waals surface area contributed by atoms with Gasteiger partial charge in [0.05, 0.1) is 22.6 Å². The van der Waals surface area contributed by atoms with Crippen molar-refractivity contribution in [2.45, 2.75) is 42.1 Å². The van der Waals surface area contributed by atoms with Crippen molar-refractivity contribution in [1.29, 1.82) is 0 Å². The van der Waals surface area contributed by atoms with Crippen LogP contribution < -0.4 is 0 Å². The highest BCUT2D eigenvalue weighted by Crippen LogP contribution is 2.33. The minimum Gasteiger partial charge on any atom is -0.391 e. The molecule has 1 N–H and O–H groups in total. The monoisotopic (exact) mass is 528 g/mol. The Balaban J connectivity index is 1.40. The van der Waals surface area contributed by atoms with Crippen LogP contribution in [0.4, 0.5) is 9.18 Å². The first-order chi connectivity index (χ1) is 17.4. The third-order valence-corrected chi connectivity index (χ3v) is 8.30. The second-order valence-electron chi connectivity index (χ2n) is 8.87. The van der Waals surface area contributed by atoms with Crippen LogP contribution in [0.5, 0.6) is 0 Å². The van der Waals surface area contributed by atoms with Crippen molar-refractivity contribution < 1.29 is 23.9 Å². The van der Waals surface area contributed by atoms with Crippen molar-refractivity contribution in [1.82, 2.24) is 19.6 Å². The zero-order chi connectivity index (χ0) is 25.2. The van der Waals surface area contributed by atoms with E-state index in [9.17, 15) is 23.9 Å². The standard InChI is InChI=1S/C25H25FN4O4S2/c26-17-7-5-16(6-8-17)15-36-22-13-20(27-30(22)24(33)21-4-2-12-35-21)19-3-1-10-29(23(19)32)25(34)28-11-9-18(31)14-28/h2,4-8,12-13,18-19,31H,1,3,9-11,14-15H2. The molecule has 2 unspecified atom stereocenters. The summed E-state index contributed by atoms with van der Waals surface area (Å²) in [6, 6.07) is 11.0. The fourth-order valence-corrected chi connectivity index (χ4v) is 6.07. The largest absolute Gasteiger partial charge is 0.391 e. The number of benzene rings is 1. The lowest BCUT2D eigenvalue weighted by molar-refractivity contribution is -0.132. The average Bonchev–Trinajstić information content (AvgIpc) is 3.64. The summed E-state index contributed by atoms with van der Waals surface area (Å²) in [5.74, 6) is -1.10. The van der Waals surface area contributed by atoms with Crippen LogP contribution in [-0.2, 0) is 10.5 Å². The Morgan fingerprint density at radius 3 is 2.67 bits per heavy atom. The van der Waals surface area contributed by atoms with Crippen LogP contribution in [0.15, 0.2) is 52.9 Å². The molecule has 2 saturated heterocycles.